The minimum absolute atomic E-state index is 0.105. The Morgan fingerprint density at radius 2 is 1.50 bits per heavy atom. The molecule has 2 nitrogen and oxygen atoms in total. The van der Waals surface area contributed by atoms with E-state index in [9.17, 15) is 0 Å². The second-order valence-corrected chi connectivity index (χ2v) is 4.15. The molecule has 0 bridgehead atoms. The summed E-state index contributed by atoms with van der Waals surface area (Å²) in [5, 5.41) is 0. The highest BCUT2D eigenvalue weighted by molar-refractivity contribution is 4.66. The lowest BCUT2D eigenvalue weighted by molar-refractivity contribution is -0.0884. The van der Waals surface area contributed by atoms with Gasteiger partial charge in [-0.05, 0) is 12.8 Å². The summed E-state index contributed by atoms with van der Waals surface area (Å²) in [6.07, 6.45) is 7.79. The topological polar surface area (TPSA) is 18.5 Å². The monoisotopic (exact) mass is 200 g/mol. The van der Waals surface area contributed by atoms with Crippen LogP contribution in [0.1, 0.15) is 52.4 Å². The molecular weight excluding hydrogens is 176 g/mol. The van der Waals surface area contributed by atoms with Gasteiger partial charge in [-0.25, -0.2) is 0 Å². The minimum Gasteiger partial charge on any atom is -0.350 e. The SMILES string of the molecule is CCCCC(CCCC)C1OCCO1. The Morgan fingerprint density at radius 1 is 1.00 bits per heavy atom. The molecule has 1 aliphatic heterocycles. The third-order valence-corrected chi connectivity index (χ3v) is 2.89. The molecule has 1 saturated heterocycles. The fourth-order valence-electron chi connectivity index (χ4n) is 2.00. The Balaban J connectivity index is 2.26. The van der Waals surface area contributed by atoms with Gasteiger partial charge in [0.25, 0.3) is 0 Å². The van der Waals surface area contributed by atoms with Crippen molar-refractivity contribution in [3.8, 4) is 0 Å². The van der Waals surface area contributed by atoms with Gasteiger partial charge in [-0.1, -0.05) is 39.5 Å². The predicted octanol–water partition coefficient (Wildman–Crippen LogP) is 3.36. The molecule has 0 atom stereocenters. The molecule has 0 saturated carbocycles. The van der Waals surface area contributed by atoms with Crippen molar-refractivity contribution in [3.05, 3.63) is 0 Å². The van der Waals surface area contributed by atoms with E-state index < -0.39 is 0 Å². The zero-order valence-electron chi connectivity index (χ0n) is 9.63. The molecule has 0 spiro atoms. The first-order chi connectivity index (χ1) is 6.88. The fraction of sp³-hybridized carbons (Fsp3) is 1.00. The van der Waals surface area contributed by atoms with Crippen molar-refractivity contribution in [1.82, 2.24) is 0 Å². The van der Waals surface area contributed by atoms with E-state index in [-0.39, 0.29) is 6.29 Å². The molecule has 0 amide bonds. The van der Waals surface area contributed by atoms with E-state index in [1.807, 2.05) is 0 Å². The van der Waals surface area contributed by atoms with E-state index in [1.54, 1.807) is 0 Å². The summed E-state index contributed by atoms with van der Waals surface area (Å²) < 4.78 is 11.2. The highest BCUT2D eigenvalue weighted by Crippen LogP contribution is 2.25. The zero-order chi connectivity index (χ0) is 10.2. The normalized spacial score (nSPS) is 18.2. The van der Waals surface area contributed by atoms with Crippen LogP contribution in [0.4, 0.5) is 0 Å². The molecule has 1 aliphatic rings. The van der Waals surface area contributed by atoms with Gasteiger partial charge in [0.15, 0.2) is 6.29 Å². The third-order valence-electron chi connectivity index (χ3n) is 2.89. The first kappa shape index (κ1) is 12.0. The van der Waals surface area contributed by atoms with Crippen LogP contribution in [0.2, 0.25) is 0 Å². The molecule has 0 N–H and O–H groups in total. The molecule has 0 aromatic heterocycles. The smallest absolute Gasteiger partial charge is 0.160 e. The van der Waals surface area contributed by atoms with E-state index >= 15 is 0 Å². The van der Waals surface area contributed by atoms with Gasteiger partial charge < -0.3 is 9.47 Å². The molecule has 1 heterocycles. The Kier molecular flexibility index (Phi) is 6.20. The van der Waals surface area contributed by atoms with Gasteiger partial charge in [-0.15, -0.1) is 0 Å². The lowest BCUT2D eigenvalue weighted by Gasteiger charge is -2.21. The molecule has 0 aromatic carbocycles. The Labute approximate surface area is 88.0 Å². The van der Waals surface area contributed by atoms with E-state index in [4.69, 9.17) is 9.47 Å². The average molecular weight is 200 g/mol. The second kappa shape index (κ2) is 7.24. The molecule has 1 fully saturated rings. The molecule has 84 valence electrons. The first-order valence-corrected chi connectivity index (χ1v) is 6.11. The standard InChI is InChI=1S/C12H24O2/c1-3-5-7-11(8-6-4-2)12-13-9-10-14-12/h11-12H,3-10H2,1-2H3. The Hall–Kier alpha value is -0.0800. The summed E-state index contributed by atoms with van der Waals surface area (Å²) in [7, 11) is 0. The molecule has 2 heteroatoms. The van der Waals surface area contributed by atoms with Crippen molar-refractivity contribution >= 4 is 0 Å². The predicted molar refractivity (Wildman–Crippen MR) is 58.2 cm³/mol. The van der Waals surface area contributed by atoms with Gasteiger partial charge in [-0.3, -0.25) is 0 Å². The average Bonchev–Trinajstić information content (AvgIpc) is 2.71. The maximum Gasteiger partial charge on any atom is 0.160 e. The lowest BCUT2D eigenvalue weighted by atomic mass is 9.95. The van der Waals surface area contributed by atoms with Gasteiger partial charge >= 0.3 is 0 Å². The van der Waals surface area contributed by atoms with E-state index in [1.165, 1.54) is 38.5 Å². The van der Waals surface area contributed by atoms with Gasteiger partial charge in [0.2, 0.25) is 0 Å². The van der Waals surface area contributed by atoms with Crippen LogP contribution in [0.15, 0.2) is 0 Å². The van der Waals surface area contributed by atoms with E-state index in [0.29, 0.717) is 5.92 Å². The summed E-state index contributed by atoms with van der Waals surface area (Å²) in [4.78, 5) is 0. The van der Waals surface area contributed by atoms with Crippen LogP contribution in [0.25, 0.3) is 0 Å². The summed E-state index contributed by atoms with van der Waals surface area (Å²) in [5.41, 5.74) is 0. The van der Waals surface area contributed by atoms with E-state index in [0.717, 1.165) is 13.2 Å². The van der Waals surface area contributed by atoms with E-state index in [2.05, 4.69) is 13.8 Å². The van der Waals surface area contributed by atoms with Crippen LogP contribution < -0.4 is 0 Å². The van der Waals surface area contributed by atoms with Crippen LogP contribution >= 0.6 is 0 Å². The van der Waals surface area contributed by atoms with Crippen LogP contribution in [-0.4, -0.2) is 19.5 Å². The molecule has 0 aliphatic carbocycles. The van der Waals surface area contributed by atoms with Crippen molar-refractivity contribution < 1.29 is 9.47 Å². The summed E-state index contributed by atoms with van der Waals surface area (Å²) >= 11 is 0. The number of hydrogen-bond donors (Lipinski definition) is 0. The summed E-state index contributed by atoms with van der Waals surface area (Å²) in [5.74, 6) is 0.636. The second-order valence-electron chi connectivity index (χ2n) is 4.15. The van der Waals surface area contributed by atoms with Gasteiger partial charge in [0, 0.05) is 5.92 Å². The maximum absolute atomic E-state index is 5.59. The maximum atomic E-state index is 5.59. The van der Waals surface area contributed by atoms with Crippen molar-refractivity contribution in [2.24, 2.45) is 5.92 Å². The van der Waals surface area contributed by atoms with Crippen molar-refractivity contribution in [1.29, 1.82) is 0 Å². The van der Waals surface area contributed by atoms with Gasteiger partial charge in [-0.2, -0.15) is 0 Å². The van der Waals surface area contributed by atoms with Gasteiger partial charge in [0.1, 0.15) is 0 Å². The molecule has 14 heavy (non-hydrogen) atoms. The molecule has 1 rings (SSSR count). The van der Waals surface area contributed by atoms with Crippen molar-refractivity contribution in [2.75, 3.05) is 13.2 Å². The highest BCUT2D eigenvalue weighted by atomic mass is 16.7. The summed E-state index contributed by atoms with van der Waals surface area (Å²) in [6, 6.07) is 0. The number of rotatable bonds is 7. The molecule has 0 unspecified atom stereocenters. The Bertz CT molecular complexity index is 122. The third kappa shape index (κ3) is 3.97. The van der Waals surface area contributed by atoms with Crippen LogP contribution in [-0.2, 0) is 9.47 Å². The number of hydrogen-bond acceptors (Lipinski definition) is 2. The fourth-order valence-corrected chi connectivity index (χ4v) is 2.00. The quantitative estimate of drug-likeness (QED) is 0.627. The molecule has 0 radical (unpaired) electrons. The van der Waals surface area contributed by atoms with Crippen molar-refractivity contribution in [3.63, 3.8) is 0 Å². The van der Waals surface area contributed by atoms with Crippen LogP contribution in [0, 0.1) is 5.92 Å². The lowest BCUT2D eigenvalue weighted by Crippen LogP contribution is -2.21. The van der Waals surface area contributed by atoms with Crippen LogP contribution in [0.3, 0.4) is 0 Å². The number of ether oxygens (including phenoxy) is 2. The van der Waals surface area contributed by atoms with Gasteiger partial charge in [0.05, 0.1) is 13.2 Å². The highest BCUT2D eigenvalue weighted by Gasteiger charge is 2.25. The minimum atomic E-state index is 0.105. The summed E-state index contributed by atoms with van der Waals surface area (Å²) in [6.45, 7) is 6.07. The molecular formula is C12H24O2. The largest absolute Gasteiger partial charge is 0.350 e. The van der Waals surface area contributed by atoms with Crippen LogP contribution in [0.5, 0.6) is 0 Å². The van der Waals surface area contributed by atoms with Crippen molar-refractivity contribution in [2.45, 2.75) is 58.7 Å². The molecule has 0 aromatic rings. The zero-order valence-corrected chi connectivity index (χ0v) is 9.63. The Morgan fingerprint density at radius 3 is 1.93 bits per heavy atom. The first-order valence-electron chi connectivity index (χ1n) is 6.11. The number of unbranched alkanes of at least 4 members (excludes halogenated alkanes) is 2.